The Labute approximate surface area is 150 Å². The molecular formula is C10H25Cl6N3. The second-order valence-electron chi connectivity index (χ2n) is 3.54. The van der Waals surface area contributed by atoms with Crippen molar-refractivity contribution in [3.05, 3.63) is 0 Å². The summed E-state index contributed by atoms with van der Waals surface area (Å²) in [6, 6.07) is 0. The fourth-order valence-electron chi connectivity index (χ4n) is 1.31. The van der Waals surface area contributed by atoms with Crippen LogP contribution in [0.2, 0.25) is 0 Å². The maximum Gasteiger partial charge on any atom is 0.0797 e. The van der Waals surface area contributed by atoms with Crippen molar-refractivity contribution >= 4 is 72.0 Å². The van der Waals surface area contributed by atoms with Gasteiger partial charge in [-0.3, -0.25) is 4.90 Å². The molecule has 19 heavy (non-hydrogen) atoms. The third kappa shape index (κ3) is 22.1. The molecule has 122 valence electrons. The van der Waals surface area contributed by atoms with Crippen LogP contribution in [0.3, 0.4) is 0 Å². The van der Waals surface area contributed by atoms with E-state index in [0.717, 1.165) is 39.3 Å². The average molecular weight is 400 g/mol. The first-order valence-electron chi connectivity index (χ1n) is 5.63. The Morgan fingerprint density at radius 1 is 0.895 bits per heavy atom. The first-order valence-corrected chi connectivity index (χ1v) is 7.13. The van der Waals surface area contributed by atoms with Crippen molar-refractivity contribution in [2.24, 2.45) is 0 Å². The number of alkyl halides is 3. The Kier molecular flexibility index (Phi) is 33.1. The number of rotatable bonds is 11. The molecule has 0 aromatic rings. The molecular weight excluding hydrogens is 375 g/mol. The Bertz CT molecular complexity index is 153. The first-order chi connectivity index (χ1) is 7.70. The van der Waals surface area contributed by atoms with Crippen LogP contribution in [0.5, 0.6) is 0 Å². The van der Waals surface area contributed by atoms with Crippen molar-refractivity contribution in [2.75, 3.05) is 51.0 Å². The van der Waals surface area contributed by atoms with Gasteiger partial charge in [-0.2, -0.15) is 0 Å². The van der Waals surface area contributed by atoms with Crippen molar-refractivity contribution in [3.8, 4) is 0 Å². The molecule has 0 radical (unpaired) electrons. The minimum absolute atomic E-state index is 0. The molecule has 2 N–H and O–H groups in total. The molecule has 0 aliphatic carbocycles. The molecule has 0 fully saturated rings. The minimum Gasteiger partial charge on any atom is -0.314 e. The van der Waals surface area contributed by atoms with E-state index < -0.39 is 0 Å². The summed E-state index contributed by atoms with van der Waals surface area (Å²) in [5.41, 5.74) is 0.0206. The Morgan fingerprint density at radius 3 is 1.95 bits per heavy atom. The van der Waals surface area contributed by atoms with E-state index in [-0.39, 0.29) is 42.7 Å². The van der Waals surface area contributed by atoms with Gasteiger partial charge in [0, 0.05) is 51.0 Å². The number of hydrogen-bond acceptors (Lipinski definition) is 3. The zero-order valence-electron chi connectivity index (χ0n) is 11.0. The van der Waals surface area contributed by atoms with Gasteiger partial charge in [0.25, 0.3) is 0 Å². The summed E-state index contributed by atoms with van der Waals surface area (Å²) in [6.07, 6.45) is 0. The molecule has 1 unspecified atom stereocenters. The van der Waals surface area contributed by atoms with Crippen molar-refractivity contribution in [1.82, 2.24) is 15.5 Å². The van der Waals surface area contributed by atoms with Gasteiger partial charge >= 0.3 is 0 Å². The van der Waals surface area contributed by atoms with Crippen molar-refractivity contribution in [1.29, 1.82) is 0 Å². The third-order valence-electron chi connectivity index (χ3n) is 2.13. The Hall–Kier alpha value is 1.62. The summed E-state index contributed by atoms with van der Waals surface area (Å²) in [7, 11) is 0. The molecule has 3 nitrogen and oxygen atoms in total. The summed E-state index contributed by atoms with van der Waals surface area (Å²) in [4.78, 5) is 2.31. The van der Waals surface area contributed by atoms with Gasteiger partial charge in [0.1, 0.15) is 0 Å². The highest BCUT2D eigenvalue weighted by Gasteiger charge is 2.04. The van der Waals surface area contributed by atoms with Crippen molar-refractivity contribution in [2.45, 2.75) is 12.4 Å². The summed E-state index contributed by atoms with van der Waals surface area (Å²) >= 11 is 17.1. The summed E-state index contributed by atoms with van der Waals surface area (Å²) in [6.45, 7) is 7.47. The fourth-order valence-corrected chi connectivity index (χ4v) is 1.79. The molecule has 0 aliphatic rings. The molecule has 0 aliphatic heterocycles. The highest BCUT2D eigenvalue weighted by molar-refractivity contribution is 6.20. The van der Waals surface area contributed by atoms with E-state index in [1.165, 1.54) is 0 Å². The van der Waals surface area contributed by atoms with Gasteiger partial charge in [-0.05, 0) is 6.92 Å². The quantitative estimate of drug-likeness (QED) is 0.318. The van der Waals surface area contributed by atoms with E-state index in [1.54, 1.807) is 0 Å². The van der Waals surface area contributed by atoms with Crippen LogP contribution in [0.4, 0.5) is 0 Å². The van der Waals surface area contributed by atoms with Gasteiger partial charge in [0.2, 0.25) is 0 Å². The number of nitrogens with one attached hydrogen (secondary N) is 2. The third-order valence-corrected chi connectivity index (χ3v) is 2.64. The van der Waals surface area contributed by atoms with Crippen LogP contribution < -0.4 is 10.6 Å². The van der Waals surface area contributed by atoms with Gasteiger partial charge in [-0.15, -0.1) is 72.0 Å². The molecule has 9 heteroatoms. The highest BCUT2D eigenvalue weighted by atomic mass is 35.5. The average Bonchev–Trinajstić information content (AvgIpc) is 2.23. The van der Waals surface area contributed by atoms with Crippen LogP contribution in [0.1, 0.15) is 6.92 Å². The highest BCUT2D eigenvalue weighted by Crippen LogP contribution is 1.91. The van der Waals surface area contributed by atoms with Gasteiger partial charge < -0.3 is 10.6 Å². The van der Waals surface area contributed by atoms with Gasteiger partial charge in [-0.25, -0.2) is 0 Å². The first kappa shape index (κ1) is 28.7. The molecule has 0 aromatic carbocycles. The number of nitrogens with zero attached hydrogens (tertiary/aromatic N) is 1. The second-order valence-corrected chi connectivity index (χ2v) is 4.95. The summed E-state index contributed by atoms with van der Waals surface area (Å²) in [5.74, 6) is 1.31. The predicted octanol–water partition coefficient (Wildman–Crippen LogP) is 2.80. The lowest BCUT2D eigenvalue weighted by atomic mass is 10.4. The topological polar surface area (TPSA) is 27.3 Å². The summed E-state index contributed by atoms with van der Waals surface area (Å²) in [5, 5.41) is 6.44. The van der Waals surface area contributed by atoms with Crippen LogP contribution in [0, 0.1) is 0 Å². The lowest BCUT2D eigenvalue weighted by Crippen LogP contribution is -2.39. The Balaban J connectivity index is -0.000000375. The van der Waals surface area contributed by atoms with Gasteiger partial charge in [-0.1, -0.05) is 0 Å². The molecule has 0 rings (SSSR count). The molecule has 1 atom stereocenters. The number of halogens is 6. The SMILES string of the molecule is CC(Cl)NCCN(CCCl)CCNCCCl.Cl.Cl.Cl. The zero-order chi connectivity index (χ0) is 12.2. The van der Waals surface area contributed by atoms with Crippen LogP contribution in [-0.4, -0.2) is 61.4 Å². The maximum absolute atomic E-state index is 5.80. The van der Waals surface area contributed by atoms with E-state index in [9.17, 15) is 0 Å². The zero-order valence-corrected chi connectivity index (χ0v) is 15.8. The van der Waals surface area contributed by atoms with E-state index in [0.29, 0.717) is 11.8 Å². The van der Waals surface area contributed by atoms with Gasteiger partial charge in [0.05, 0.1) is 5.50 Å². The molecule has 0 saturated carbocycles. The van der Waals surface area contributed by atoms with Crippen LogP contribution >= 0.6 is 72.0 Å². The lowest BCUT2D eigenvalue weighted by Gasteiger charge is -2.21. The molecule has 0 saturated heterocycles. The van der Waals surface area contributed by atoms with Crippen LogP contribution in [-0.2, 0) is 0 Å². The van der Waals surface area contributed by atoms with E-state index >= 15 is 0 Å². The number of hydrogen-bond donors (Lipinski definition) is 2. The molecule has 0 bridgehead atoms. The standard InChI is InChI=1S/C10H22Cl3N3.3ClH/c1-10(13)15-6-9-16(7-3-12)8-5-14-4-2-11;;;/h10,14-15H,2-9H2,1H3;3*1H. The summed E-state index contributed by atoms with van der Waals surface area (Å²) < 4.78 is 0. The smallest absolute Gasteiger partial charge is 0.0797 e. The molecule has 0 spiro atoms. The van der Waals surface area contributed by atoms with Crippen molar-refractivity contribution in [3.63, 3.8) is 0 Å². The molecule has 0 amide bonds. The van der Waals surface area contributed by atoms with E-state index in [4.69, 9.17) is 34.8 Å². The van der Waals surface area contributed by atoms with Crippen molar-refractivity contribution < 1.29 is 0 Å². The molecule has 0 heterocycles. The van der Waals surface area contributed by atoms with E-state index in [1.807, 2.05) is 6.92 Å². The van der Waals surface area contributed by atoms with Crippen LogP contribution in [0.15, 0.2) is 0 Å². The fraction of sp³-hybridized carbons (Fsp3) is 1.00. The maximum atomic E-state index is 5.80. The second kappa shape index (κ2) is 21.9. The van der Waals surface area contributed by atoms with Gasteiger partial charge in [0.15, 0.2) is 0 Å². The van der Waals surface area contributed by atoms with Crippen LogP contribution in [0.25, 0.3) is 0 Å². The Morgan fingerprint density at radius 2 is 1.47 bits per heavy atom. The lowest BCUT2D eigenvalue weighted by molar-refractivity contribution is 0.288. The van der Waals surface area contributed by atoms with E-state index in [2.05, 4.69) is 15.5 Å². The molecule has 0 aromatic heterocycles. The largest absolute Gasteiger partial charge is 0.314 e. The monoisotopic (exact) mass is 397 g/mol. The normalized spacial score (nSPS) is 11.2. The predicted molar refractivity (Wildman–Crippen MR) is 95.8 cm³/mol. The minimum atomic E-state index is 0.